The predicted octanol–water partition coefficient (Wildman–Crippen LogP) is 3.73. The lowest BCUT2D eigenvalue weighted by molar-refractivity contribution is 0.0193. The molecule has 0 bridgehead atoms. The molecule has 28 heavy (non-hydrogen) atoms. The molecule has 6 nitrogen and oxygen atoms in total. The minimum absolute atomic E-state index is 0.0214. The van der Waals surface area contributed by atoms with E-state index in [1.54, 1.807) is 34.8 Å². The first-order chi connectivity index (χ1) is 13.6. The molecule has 0 amide bonds. The van der Waals surface area contributed by atoms with Gasteiger partial charge in [-0.1, -0.05) is 19.1 Å². The van der Waals surface area contributed by atoms with Crippen LogP contribution in [0.1, 0.15) is 33.1 Å². The summed E-state index contributed by atoms with van der Waals surface area (Å²) in [6, 6.07) is 10.7. The van der Waals surface area contributed by atoms with Crippen LogP contribution in [0, 0.1) is 0 Å². The molecule has 2 heterocycles. The Morgan fingerprint density at radius 1 is 1.18 bits per heavy atom. The highest BCUT2D eigenvalue weighted by Crippen LogP contribution is 2.30. The quantitative estimate of drug-likeness (QED) is 0.671. The summed E-state index contributed by atoms with van der Waals surface area (Å²) >= 11 is 0. The third-order valence-electron chi connectivity index (χ3n) is 4.75. The molecule has 1 aromatic carbocycles. The number of benzene rings is 1. The highest BCUT2D eigenvalue weighted by atomic mass is 32.2. The van der Waals surface area contributed by atoms with Gasteiger partial charge >= 0.3 is 0 Å². The molecule has 0 spiro atoms. The van der Waals surface area contributed by atoms with Gasteiger partial charge in [-0.2, -0.15) is 4.31 Å². The molecule has 1 unspecified atom stereocenters. The second-order valence-electron chi connectivity index (χ2n) is 6.81. The average molecular weight is 405 g/mol. The maximum Gasteiger partial charge on any atom is 0.243 e. The van der Waals surface area contributed by atoms with E-state index in [0.717, 1.165) is 30.4 Å². The van der Waals surface area contributed by atoms with Crippen molar-refractivity contribution in [3.05, 3.63) is 42.6 Å². The minimum Gasteiger partial charge on any atom is -0.478 e. The molecule has 0 saturated carbocycles. The fourth-order valence-electron chi connectivity index (χ4n) is 3.36. The van der Waals surface area contributed by atoms with E-state index in [2.05, 4.69) is 11.9 Å². The van der Waals surface area contributed by atoms with Gasteiger partial charge in [-0.3, -0.25) is 0 Å². The largest absolute Gasteiger partial charge is 0.478 e. The first kappa shape index (κ1) is 20.8. The summed E-state index contributed by atoms with van der Waals surface area (Å²) < 4.78 is 39.0. The predicted molar refractivity (Wildman–Crippen MR) is 109 cm³/mol. The molecular formula is C21H28N2O4S. The van der Waals surface area contributed by atoms with E-state index in [1.165, 1.54) is 0 Å². The van der Waals surface area contributed by atoms with Crippen LogP contribution in [0.25, 0.3) is 11.1 Å². The number of aromatic nitrogens is 1. The first-order valence-corrected chi connectivity index (χ1v) is 11.3. The molecule has 1 aliphatic heterocycles. The number of hydrogen-bond acceptors (Lipinski definition) is 5. The molecule has 0 aliphatic carbocycles. The average Bonchev–Trinajstić information content (AvgIpc) is 2.73. The van der Waals surface area contributed by atoms with Crippen molar-refractivity contribution in [2.45, 2.75) is 44.1 Å². The van der Waals surface area contributed by atoms with Gasteiger partial charge in [0.1, 0.15) is 0 Å². The molecule has 1 fully saturated rings. The van der Waals surface area contributed by atoms with E-state index in [-0.39, 0.29) is 6.10 Å². The highest BCUT2D eigenvalue weighted by Gasteiger charge is 2.30. The van der Waals surface area contributed by atoms with E-state index >= 15 is 0 Å². The van der Waals surface area contributed by atoms with Crippen molar-refractivity contribution < 1.29 is 17.9 Å². The molecule has 3 rings (SSSR count). The number of hydrogen-bond donors (Lipinski definition) is 0. The van der Waals surface area contributed by atoms with Crippen LogP contribution in [-0.4, -0.2) is 50.1 Å². The van der Waals surface area contributed by atoms with E-state index < -0.39 is 10.0 Å². The molecule has 0 N–H and O–H groups in total. The number of sulfonamides is 1. The number of piperidine rings is 1. The molecule has 2 aromatic rings. The van der Waals surface area contributed by atoms with Crippen molar-refractivity contribution in [3.63, 3.8) is 0 Å². The van der Waals surface area contributed by atoms with Crippen LogP contribution in [0.2, 0.25) is 0 Å². The molecular weight excluding hydrogens is 376 g/mol. The monoisotopic (exact) mass is 404 g/mol. The molecule has 152 valence electrons. The standard InChI is InChI=1S/C21H28N2O4S/c1-3-15-27-18-7-6-14-23(16-18)28(24,25)19-11-9-17(10-12-19)20-8-5-13-22-21(20)26-4-2/h5,8-13,18H,3-4,6-7,14-16H2,1-2H3. The van der Waals surface area contributed by atoms with Crippen LogP contribution in [0.4, 0.5) is 0 Å². The Kier molecular flexibility index (Phi) is 7.04. The van der Waals surface area contributed by atoms with Gasteiger partial charge in [0.25, 0.3) is 0 Å². The smallest absolute Gasteiger partial charge is 0.243 e. The summed E-state index contributed by atoms with van der Waals surface area (Å²) in [5.41, 5.74) is 1.72. The SMILES string of the molecule is CCCOC1CCCN(S(=O)(=O)c2ccc(-c3cccnc3OCC)cc2)C1. The summed E-state index contributed by atoms with van der Waals surface area (Å²) in [5, 5.41) is 0. The minimum atomic E-state index is -3.53. The fourth-order valence-corrected chi connectivity index (χ4v) is 4.87. The Hall–Kier alpha value is -1.96. The van der Waals surface area contributed by atoms with Crippen molar-refractivity contribution >= 4 is 10.0 Å². The Balaban J connectivity index is 1.79. The third-order valence-corrected chi connectivity index (χ3v) is 6.63. The molecule has 1 aromatic heterocycles. The maximum absolute atomic E-state index is 13.1. The Morgan fingerprint density at radius 2 is 1.96 bits per heavy atom. The highest BCUT2D eigenvalue weighted by molar-refractivity contribution is 7.89. The summed E-state index contributed by atoms with van der Waals surface area (Å²) in [5.74, 6) is 0.549. The van der Waals surface area contributed by atoms with Gasteiger partial charge < -0.3 is 9.47 Å². The van der Waals surface area contributed by atoms with Gasteiger partial charge in [0.05, 0.1) is 17.6 Å². The number of pyridine rings is 1. The van der Waals surface area contributed by atoms with Crippen molar-refractivity contribution in [2.75, 3.05) is 26.3 Å². The molecule has 1 atom stereocenters. The van der Waals surface area contributed by atoms with Crippen molar-refractivity contribution in [2.24, 2.45) is 0 Å². The normalized spacial score (nSPS) is 18.1. The van der Waals surface area contributed by atoms with Crippen LogP contribution >= 0.6 is 0 Å². The third kappa shape index (κ3) is 4.71. The zero-order valence-electron chi connectivity index (χ0n) is 16.5. The summed E-state index contributed by atoms with van der Waals surface area (Å²) in [4.78, 5) is 4.56. The van der Waals surface area contributed by atoms with Gasteiger partial charge in [-0.15, -0.1) is 0 Å². The van der Waals surface area contributed by atoms with Crippen molar-refractivity contribution in [1.29, 1.82) is 0 Å². The van der Waals surface area contributed by atoms with Gasteiger partial charge in [-0.25, -0.2) is 13.4 Å². The maximum atomic E-state index is 13.1. The summed E-state index contributed by atoms with van der Waals surface area (Å²) in [6.07, 6.45) is 4.32. The number of nitrogens with zero attached hydrogens (tertiary/aromatic N) is 2. The van der Waals surface area contributed by atoms with Crippen molar-refractivity contribution in [3.8, 4) is 17.0 Å². The van der Waals surface area contributed by atoms with E-state index in [0.29, 0.717) is 37.1 Å². The molecule has 7 heteroatoms. The zero-order valence-corrected chi connectivity index (χ0v) is 17.3. The molecule has 0 radical (unpaired) electrons. The molecule has 1 saturated heterocycles. The zero-order chi connectivity index (χ0) is 20.0. The second-order valence-corrected chi connectivity index (χ2v) is 8.75. The van der Waals surface area contributed by atoms with E-state index in [4.69, 9.17) is 9.47 Å². The fraction of sp³-hybridized carbons (Fsp3) is 0.476. The lowest BCUT2D eigenvalue weighted by atomic mass is 10.1. The van der Waals surface area contributed by atoms with Gasteiger partial charge in [0.2, 0.25) is 15.9 Å². The lowest BCUT2D eigenvalue weighted by Crippen LogP contribution is -2.43. The van der Waals surface area contributed by atoms with E-state index in [1.807, 2.05) is 19.1 Å². The van der Waals surface area contributed by atoms with Crippen LogP contribution in [0.15, 0.2) is 47.5 Å². The van der Waals surface area contributed by atoms with Gasteiger partial charge in [-0.05, 0) is 56.0 Å². The lowest BCUT2D eigenvalue weighted by Gasteiger charge is -2.31. The van der Waals surface area contributed by atoms with Crippen LogP contribution in [0.5, 0.6) is 5.88 Å². The van der Waals surface area contributed by atoms with Crippen LogP contribution in [0.3, 0.4) is 0 Å². The van der Waals surface area contributed by atoms with Crippen molar-refractivity contribution in [1.82, 2.24) is 9.29 Å². The Bertz CT molecular complexity index is 868. The first-order valence-electron chi connectivity index (χ1n) is 9.86. The van der Waals surface area contributed by atoms with E-state index in [9.17, 15) is 8.42 Å². The summed E-state index contributed by atoms with van der Waals surface area (Å²) in [7, 11) is -3.53. The van der Waals surface area contributed by atoms with Gasteiger partial charge in [0, 0.05) is 31.5 Å². The van der Waals surface area contributed by atoms with Crippen LogP contribution in [-0.2, 0) is 14.8 Å². The number of ether oxygens (including phenoxy) is 2. The number of rotatable bonds is 8. The topological polar surface area (TPSA) is 68.7 Å². The molecule has 1 aliphatic rings. The van der Waals surface area contributed by atoms with Crippen LogP contribution < -0.4 is 4.74 Å². The second kappa shape index (κ2) is 9.49. The Morgan fingerprint density at radius 3 is 2.68 bits per heavy atom. The summed E-state index contributed by atoms with van der Waals surface area (Å²) in [6.45, 7) is 6.10. The Labute approximate surface area is 167 Å². The van der Waals surface area contributed by atoms with Gasteiger partial charge in [0.15, 0.2) is 0 Å².